The molecule has 0 saturated heterocycles. The Balaban J connectivity index is 1.24. The molecule has 3 aromatic rings. The predicted octanol–water partition coefficient (Wildman–Crippen LogP) is 5.02. The van der Waals surface area contributed by atoms with Crippen molar-refractivity contribution in [2.45, 2.75) is 6.42 Å². The van der Waals surface area contributed by atoms with E-state index >= 15 is 0 Å². The Kier molecular flexibility index (Phi) is 7.93. The van der Waals surface area contributed by atoms with E-state index in [1.807, 2.05) is 54.6 Å². The molecule has 1 N–H and O–H groups in total. The third-order valence-corrected chi connectivity index (χ3v) is 6.77. The summed E-state index contributed by atoms with van der Waals surface area (Å²) in [5.41, 5.74) is 1.91. The van der Waals surface area contributed by atoms with Crippen LogP contribution in [0.1, 0.15) is 11.1 Å². The highest BCUT2D eigenvalue weighted by molar-refractivity contribution is 8.26. The van der Waals surface area contributed by atoms with Crippen molar-refractivity contribution < 1.29 is 23.7 Å². The zero-order valence-electron chi connectivity index (χ0n) is 21.4. The van der Waals surface area contributed by atoms with Crippen molar-refractivity contribution in [1.29, 1.82) is 5.41 Å². The minimum Gasteiger partial charge on any atom is -0.497 e. The molecule has 39 heavy (non-hydrogen) atoms. The molecule has 2 aliphatic rings. The van der Waals surface area contributed by atoms with Gasteiger partial charge in [-0.15, -0.1) is 0 Å². The number of amidine groups is 2. The molecule has 3 aromatic carbocycles. The number of carbonyl (C=O) groups is 1. The number of benzene rings is 3. The van der Waals surface area contributed by atoms with E-state index in [-0.39, 0.29) is 11.4 Å². The number of carbonyl (C=O) groups excluding carboxylic acids is 1. The lowest BCUT2D eigenvalue weighted by molar-refractivity contribution is -0.114. The average Bonchev–Trinajstić information content (AvgIpc) is 3.36. The van der Waals surface area contributed by atoms with E-state index in [1.165, 1.54) is 16.8 Å². The van der Waals surface area contributed by atoms with Gasteiger partial charge in [0.05, 0.1) is 19.8 Å². The van der Waals surface area contributed by atoms with Crippen molar-refractivity contribution in [3.8, 4) is 23.0 Å². The lowest BCUT2D eigenvalue weighted by Gasteiger charge is -2.20. The van der Waals surface area contributed by atoms with Crippen LogP contribution in [-0.4, -0.2) is 54.4 Å². The molecule has 0 radical (unpaired) electrons. The molecule has 0 aliphatic carbocycles. The van der Waals surface area contributed by atoms with Gasteiger partial charge >= 0.3 is 0 Å². The van der Waals surface area contributed by atoms with Gasteiger partial charge in [-0.3, -0.25) is 10.2 Å². The summed E-state index contributed by atoms with van der Waals surface area (Å²) in [5, 5.41) is 15.7. The molecule has 0 spiro atoms. The number of aliphatic imine (C=N–C) groups is 1. The number of hydrogen-bond donors (Lipinski definition) is 1. The van der Waals surface area contributed by atoms with Gasteiger partial charge in [0.2, 0.25) is 5.17 Å². The Bertz CT molecular complexity index is 1470. The topological polar surface area (TPSA) is 106 Å². The number of methoxy groups -OCH3 is 2. The van der Waals surface area contributed by atoms with Gasteiger partial charge in [-0.1, -0.05) is 36.4 Å². The second-order valence-electron chi connectivity index (χ2n) is 8.46. The molecule has 2 aliphatic heterocycles. The van der Waals surface area contributed by atoms with E-state index in [1.54, 1.807) is 38.5 Å². The van der Waals surface area contributed by atoms with Gasteiger partial charge in [-0.2, -0.15) is 15.1 Å². The monoisotopic (exact) mass is 542 g/mol. The van der Waals surface area contributed by atoms with Gasteiger partial charge in [0.15, 0.2) is 17.3 Å². The number of hydrogen-bond acceptors (Lipinski definition) is 8. The maximum Gasteiger partial charge on any atom is 0.283 e. The number of rotatable bonds is 10. The molecule has 10 heteroatoms. The second kappa shape index (κ2) is 11.9. The first-order chi connectivity index (χ1) is 19.0. The Morgan fingerprint density at radius 3 is 2.38 bits per heavy atom. The number of hydrazone groups is 1. The van der Waals surface area contributed by atoms with Crippen LogP contribution in [0.2, 0.25) is 0 Å². The molecular weight excluding hydrogens is 516 g/mol. The first kappa shape index (κ1) is 26.1. The Labute approximate surface area is 230 Å². The summed E-state index contributed by atoms with van der Waals surface area (Å²) in [5.74, 6) is 2.00. The van der Waals surface area contributed by atoms with E-state index in [0.29, 0.717) is 47.6 Å². The van der Waals surface area contributed by atoms with Gasteiger partial charge in [-0.25, -0.2) is 0 Å². The number of thioether (sulfide) groups is 1. The maximum absolute atomic E-state index is 12.8. The Hall–Kier alpha value is -4.57. The van der Waals surface area contributed by atoms with Crippen molar-refractivity contribution >= 4 is 39.8 Å². The standard InChI is InChI=1S/C29H26N4O5S/c1-35-21-9-11-22(12-10-21)37-14-15-38-24-13-8-20(17-25(24)36-2)16-23-27(30)33-29(31-28(23)34)39-26(32-33)18-19-6-4-3-5-7-19/h3-13,16-17,30H,14-15,18H2,1-2H3/b23-16+,30-27?. The number of nitrogens with zero attached hydrogens (tertiary/aromatic N) is 3. The molecule has 0 bridgehead atoms. The Morgan fingerprint density at radius 2 is 1.64 bits per heavy atom. The Morgan fingerprint density at radius 1 is 0.897 bits per heavy atom. The fraction of sp³-hybridized carbons (Fsp3) is 0.172. The van der Waals surface area contributed by atoms with Crippen LogP contribution in [0.5, 0.6) is 23.0 Å². The highest BCUT2D eigenvalue weighted by Crippen LogP contribution is 2.32. The summed E-state index contributed by atoms with van der Waals surface area (Å²) in [6.45, 7) is 0.646. The third-order valence-electron chi connectivity index (χ3n) is 5.86. The van der Waals surface area contributed by atoms with Gasteiger partial charge in [0.1, 0.15) is 29.8 Å². The zero-order valence-corrected chi connectivity index (χ0v) is 22.2. The molecule has 1 amide bonds. The predicted molar refractivity (Wildman–Crippen MR) is 152 cm³/mol. The van der Waals surface area contributed by atoms with Gasteiger partial charge in [-0.05, 0) is 65.4 Å². The van der Waals surface area contributed by atoms with E-state index in [0.717, 1.165) is 16.4 Å². The van der Waals surface area contributed by atoms with E-state index in [9.17, 15) is 4.79 Å². The minimum absolute atomic E-state index is 0.0180. The van der Waals surface area contributed by atoms with E-state index in [2.05, 4.69) is 10.1 Å². The van der Waals surface area contributed by atoms with Crippen molar-refractivity contribution in [3.63, 3.8) is 0 Å². The summed E-state index contributed by atoms with van der Waals surface area (Å²) in [7, 11) is 3.16. The molecule has 0 aromatic heterocycles. The minimum atomic E-state index is -0.482. The van der Waals surface area contributed by atoms with Crippen LogP contribution >= 0.6 is 11.8 Å². The molecule has 2 heterocycles. The number of nitrogens with one attached hydrogen (secondary N) is 1. The van der Waals surface area contributed by atoms with Gasteiger partial charge < -0.3 is 18.9 Å². The second-order valence-corrected chi connectivity index (χ2v) is 9.50. The highest BCUT2D eigenvalue weighted by Gasteiger charge is 2.35. The molecule has 0 unspecified atom stereocenters. The fourth-order valence-corrected chi connectivity index (χ4v) is 4.84. The number of fused-ring (bicyclic) bond motifs is 1. The lowest BCUT2D eigenvalue weighted by atomic mass is 10.1. The number of amides is 1. The smallest absolute Gasteiger partial charge is 0.283 e. The van der Waals surface area contributed by atoms with E-state index in [4.69, 9.17) is 24.4 Å². The van der Waals surface area contributed by atoms with Crippen molar-refractivity contribution in [1.82, 2.24) is 5.01 Å². The van der Waals surface area contributed by atoms with Crippen LogP contribution in [0.25, 0.3) is 6.08 Å². The highest BCUT2D eigenvalue weighted by atomic mass is 32.2. The van der Waals surface area contributed by atoms with Crippen LogP contribution in [0, 0.1) is 5.41 Å². The molecule has 198 valence electrons. The summed E-state index contributed by atoms with van der Waals surface area (Å²) >= 11 is 1.31. The average molecular weight is 543 g/mol. The van der Waals surface area contributed by atoms with Crippen molar-refractivity contribution in [2.24, 2.45) is 10.1 Å². The summed E-state index contributed by atoms with van der Waals surface area (Å²) < 4.78 is 22.2. The number of ether oxygens (including phenoxy) is 4. The van der Waals surface area contributed by atoms with E-state index < -0.39 is 5.91 Å². The van der Waals surface area contributed by atoms with Crippen molar-refractivity contribution in [2.75, 3.05) is 27.4 Å². The SMILES string of the molecule is COc1ccc(OCCOc2ccc(/C=C3\C(=N)N4N=C(Cc5ccccc5)SC4=NC3=O)cc2OC)cc1. The maximum atomic E-state index is 12.8. The summed E-state index contributed by atoms with van der Waals surface area (Å²) in [4.78, 5) is 17.0. The molecule has 9 nitrogen and oxygen atoms in total. The van der Waals surface area contributed by atoms with Crippen LogP contribution < -0.4 is 18.9 Å². The third kappa shape index (κ3) is 6.12. The lowest BCUT2D eigenvalue weighted by Crippen LogP contribution is -2.35. The van der Waals surface area contributed by atoms with Crippen LogP contribution in [0.15, 0.2) is 88.5 Å². The molecule has 0 fully saturated rings. The molecular formula is C29H26N4O5S. The quantitative estimate of drug-likeness (QED) is 0.283. The summed E-state index contributed by atoms with van der Waals surface area (Å²) in [6.07, 6.45) is 2.21. The van der Waals surface area contributed by atoms with Gasteiger partial charge in [0, 0.05) is 6.42 Å². The zero-order chi connectivity index (χ0) is 27.2. The molecule has 5 rings (SSSR count). The van der Waals surface area contributed by atoms with Crippen molar-refractivity contribution in [3.05, 3.63) is 89.5 Å². The molecule has 0 saturated carbocycles. The first-order valence-corrected chi connectivity index (χ1v) is 13.0. The normalized spacial score (nSPS) is 15.5. The van der Waals surface area contributed by atoms with Crippen LogP contribution in [0.3, 0.4) is 0 Å². The first-order valence-electron chi connectivity index (χ1n) is 12.1. The van der Waals surface area contributed by atoms with Gasteiger partial charge in [0.25, 0.3) is 5.91 Å². The van der Waals surface area contributed by atoms with Crippen LogP contribution in [-0.2, 0) is 11.2 Å². The molecule has 0 atom stereocenters. The fourth-order valence-electron chi connectivity index (χ4n) is 3.92. The largest absolute Gasteiger partial charge is 0.497 e. The van der Waals surface area contributed by atoms with Crippen LogP contribution in [0.4, 0.5) is 0 Å². The summed E-state index contributed by atoms with van der Waals surface area (Å²) in [6, 6.07) is 22.5.